The fraction of sp³-hybridized carbons (Fsp3) is 0.250. The highest BCUT2D eigenvalue weighted by molar-refractivity contribution is 6.33. The van der Waals surface area contributed by atoms with Crippen LogP contribution in [-0.4, -0.2) is 42.0 Å². The molecule has 1 heterocycles. The van der Waals surface area contributed by atoms with E-state index in [1.807, 2.05) is 0 Å². The van der Waals surface area contributed by atoms with Gasteiger partial charge in [0.2, 0.25) is 11.8 Å². The van der Waals surface area contributed by atoms with Crippen molar-refractivity contribution in [2.75, 3.05) is 18.4 Å². The molecular weight excluding hydrogens is 286 g/mol. The average molecular weight is 298 g/mol. The van der Waals surface area contributed by atoms with Crippen molar-refractivity contribution in [2.45, 2.75) is 6.04 Å². The number of carbonyl (C=O) groups excluding carboxylic acids is 2. The molecule has 1 saturated heterocycles. The molecule has 1 aliphatic rings. The smallest absolute Gasteiger partial charge is 0.337 e. The maximum atomic E-state index is 11.9. The molecule has 0 aliphatic carbocycles. The molecule has 1 fully saturated rings. The highest BCUT2D eigenvalue weighted by Gasteiger charge is 2.23. The van der Waals surface area contributed by atoms with E-state index in [2.05, 4.69) is 16.0 Å². The van der Waals surface area contributed by atoms with Crippen molar-refractivity contribution in [3.63, 3.8) is 0 Å². The minimum atomic E-state index is -1.13. The van der Waals surface area contributed by atoms with Gasteiger partial charge in [-0.3, -0.25) is 14.9 Å². The van der Waals surface area contributed by atoms with Crippen molar-refractivity contribution in [3.05, 3.63) is 28.8 Å². The Kier molecular flexibility index (Phi) is 4.21. The lowest BCUT2D eigenvalue weighted by Gasteiger charge is -2.23. The minimum Gasteiger partial charge on any atom is -0.478 e. The number of nitrogens with one attached hydrogen (secondary N) is 3. The van der Waals surface area contributed by atoms with Crippen molar-refractivity contribution in [1.29, 1.82) is 0 Å². The Bertz CT molecular complexity index is 566. The standard InChI is InChI=1S/C12H12ClN3O4/c13-8-3-6(1-2-7(8)12(19)20)16-11(18)9-4-15-10(17)5-14-9/h1-3,9,14H,4-5H2,(H,15,17)(H,16,18)(H,19,20). The summed E-state index contributed by atoms with van der Waals surface area (Å²) in [5.74, 6) is -1.63. The van der Waals surface area contributed by atoms with E-state index < -0.39 is 12.0 Å². The second kappa shape index (κ2) is 5.89. The number of amides is 2. The summed E-state index contributed by atoms with van der Waals surface area (Å²) in [6, 6.07) is 3.60. The molecule has 1 aromatic rings. The Morgan fingerprint density at radius 3 is 2.70 bits per heavy atom. The number of rotatable bonds is 3. The van der Waals surface area contributed by atoms with E-state index in [-0.39, 0.29) is 35.5 Å². The van der Waals surface area contributed by atoms with Gasteiger partial charge in [-0.2, -0.15) is 0 Å². The average Bonchev–Trinajstić information content (AvgIpc) is 2.39. The number of carbonyl (C=O) groups is 3. The van der Waals surface area contributed by atoms with Crippen LogP contribution in [0.5, 0.6) is 0 Å². The molecule has 106 valence electrons. The van der Waals surface area contributed by atoms with Crippen LogP contribution >= 0.6 is 11.6 Å². The molecule has 0 spiro atoms. The maximum Gasteiger partial charge on any atom is 0.337 e. The summed E-state index contributed by atoms with van der Waals surface area (Å²) in [5, 5.41) is 16.8. The summed E-state index contributed by atoms with van der Waals surface area (Å²) in [6.07, 6.45) is 0. The lowest BCUT2D eigenvalue weighted by atomic mass is 10.2. The molecule has 1 atom stereocenters. The Morgan fingerprint density at radius 1 is 1.40 bits per heavy atom. The van der Waals surface area contributed by atoms with Gasteiger partial charge in [0.1, 0.15) is 6.04 Å². The van der Waals surface area contributed by atoms with E-state index in [0.29, 0.717) is 5.69 Å². The number of benzene rings is 1. The van der Waals surface area contributed by atoms with Crippen LogP contribution in [-0.2, 0) is 9.59 Å². The zero-order valence-electron chi connectivity index (χ0n) is 10.3. The first kappa shape index (κ1) is 14.3. The van der Waals surface area contributed by atoms with Crippen molar-refractivity contribution < 1.29 is 19.5 Å². The number of halogens is 1. The number of piperazine rings is 1. The molecule has 4 N–H and O–H groups in total. The number of carboxylic acid groups (broad SMARTS) is 1. The van der Waals surface area contributed by atoms with E-state index >= 15 is 0 Å². The summed E-state index contributed by atoms with van der Waals surface area (Å²) in [6.45, 7) is 0.280. The monoisotopic (exact) mass is 297 g/mol. The summed E-state index contributed by atoms with van der Waals surface area (Å²) >= 11 is 5.81. The summed E-state index contributed by atoms with van der Waals surface area (Å²) in [5.41, 5.74) is 0.358. The molecule has 2 rings (SSSR count). The molecule has 20 heavy (non-hydrogen) atoms. The second-order valence-corrected chi connectivity index (χ2v) is 4.63. The van der Waals surface area contributed by atoms with Gasteiger partial charge in [0.25, 0.3) is 0 Å². The van der Waals surface area contributed by atoms with Gasteiger partial charge in [-0.1, -0.05) is 11.6 Å². The molecule has 1 aliphatic heterocycles. The van der Waals surface area contributed by atoms with Crippen LogP contribution in [0.2, 0.25) is 5.02 Å². The molecule has 1 unspecified atom stereocenters. The molecular formula is C12H12ClN3O4. The SMILES string of the molecule is O=C1CNC(C(=O)Nc2ccc(C(=O)O)c(Cl)c2)CN1. The molecule has 0 radical (unpaired) electrons. The first-order valence-corrected chi connectivity index (χ1v) is 6.19. The van der Waals surface area contributed by atoms with Crippen molar-refractivity contribution in [1.82, 2.24) is 10.6 Å². The third-order valence-corrected chi connectivity index (χ3v) is 3.11. The van der Waals surface area contributed by atoms with Crippen LogP contribution in [0, 0.1) is 0 Å². The van der Waals surface area contributed by atoms with Crippen LogP contribution < -0.4 is 16.0 Å². The van der Waals surface area contributed by atoms with Crippen molar-refractivity contribution in [3.8, 4) is 0 Å². The normalized spacial score (nSPS) is 18.2. The van der Waals surface area contributed by atoms with Gasteiger partial charge >= 0.3 is 5.97 Å². The number of carboxylic acids is 1. The third kappa shape index (κ3) is 3.25. The topological polar surface area (TPSA) is 108 Å². The first-order chi connectivity index (χ1) is 9.47. The summed E-state index contributed by atoms with van der Waals surface area (Å²) in [4.78, 5) is 33.7. The van der Waals surface area contributed by atoms with E-state index in [0.717, 1.165) is 0 Å². The second-order valence-electron chi connectivity index (χ2n) is 4.23. The predicted molar refractivity (Wildman–Crippen MR) is 71.8 cm³/mol. The van der Waals surface area contributed by atoms with Gasteiger partial charge in [-0.15, -0.1) is 0 Å². The first-order valence-electron chi connectivity index (χ1n) is 5.81. The Balaban J connectivity index is 2.03. The fourth-order valence-corrected chi connectivity index (χ4v) is 2.01. The van der Waals surface area contributed by atoms with Crippen LogP contribution in [0.3, 0.4) is 0 Å². The summed E-state index contributed by atoms with van der Waals surface area (Å²) in [7, 11) is 0. The quantitative estimate of drug-likeness (QED) is 0.631. The molecule has 0 aromatic heterocycles. The van der Waals surface area contributed by atoms with Gasteiger partial charge in [0.15, 0.2) is 0 Å². The van der Waals surface area contributed by atoms with Crippen molar-refractivity contribution >= 4 is 35.1 Å². The molecule has 0 saturated carbocycles. The number of aromatic carboxylic acids is 1. The van der Waals surface area contributed by atoms with E-state index in [4.69, 9.17) is 16.7 Å². The highest BCUT2D eigenvalue weighted by atomic mass is 35.5. The lowest BCUT2D eigenvalue weighted by molar-refractivity contribution is -0.124. The van der Waals surface area contributed by atoms with Gasteiger partial charge < -0.3 is 15.7 Å². The highest BCUT2D eigenvalue weighted by Crippen LogP contribution is 2.21. The van der Waals surface area contributed by atoms with Gasteiger partial charge in [0, 0.05) is 12.2 Å². The Hall–Kier alpha value is -2.12. The molecule has 7 nitrogen and oxygen atoms in total. The zero-order valence-corrected chi connectivity index (χ0v) is 11.0. The lowest BCUT2D eigenvalue weighted by Crippen LogP contribution is -2.56. The van der Waals surface area contributed by atoms with Crippen LogP contribution in [0.4, 0.5) is 5.69 Å². The third-order valence-electron chi connectivity index (χ3n) is 2.80. The largest absolute Gasteiger partial charge is 0.478 e. The van der Waals surface area contributed by atoms with E-state index in [9.17, 15) is 14.4 Å². The molecule has 1 aromatic carbocycles. The fourth-order valence-electron chi connectivity index (χ4n) is 1.75. The maximum absolute atomic E-state index is 11.9. The molecule has 0 bridgehead atoms. The Morgan fingerprint density at radius 2 is 2.15 bits per heavy atom. The van der Waals surface area contributed by atoms with E-state index in [1.165, 1.54) is 18.2 Å². The van der Waals surface area contributed by atoms with Crippen LogP contribution in [0.25, 0.3) is 0 Å². The predicted octanol–water partition coefficient (Wildman–Crippen LogP) is 0.0647. The Labute approximate surface area is 119 Å². The van der Waals surface area contributed by atoms with Crippen molar-refractivity contribution in [2.24, 2.45) is 0 Å². The van der Waals surface area contributed by atoms with Gasteiger partial charge in [-0.05, 0) is 18.2 Å². The molecule has 8 heteroatoms. The number of anilines is 1. The minimum absolute atomic E-state index is 0.0345. The van der Waals surface area contributed by atoms with Gasteiger partial charge in [-0.25, -0.2) is 4.79 Å². The number of hydrogen-bond donors (Lipinski definition) is 4. The van der Waals surface area contributed by atoms with E-state index in [1.54, 1.807) is 0 Å². The summed E-state index contributed by atoms with van der Waals surface area (Å²) < 4.78 is 0. The van der Waals surface area contributed by atoms with Crippen LogP contribution in [0.1, 0.15) is 10.4 Å². The number of hydrogen-bond acceptors (Lipinski definition) is 4. The van der Waals surface area contributed by atoms with Gasteiger partial charge in [0.05, 0.1) is 17.1 Å². The zero-order chi connectivity index (χ0) is 14.7. The molecule has 2 amide bonds. The van der Waals surface area contributed by atoms with Crippen LogP contribution in [0.15, 0.2) is 18.2 Å².